The van der Waals surface area contributed by atoms with E-state index in [0.717, 1.165) is 23.2 Å². The van der Waals surface area contributed by atoms with E-state index in [1.165, 1.54) is 11.6 Å². The molecule has 3 aromatic rings. The maximum Gasteiger partial charge on any atom is 0.264 e. The second-order valence-electron chi connectivity index (χ2n) is 7.37. The van der Waals surface area contributed by atoms with Crippen LogP contribution in [0.15, 0.2) is 77.7 Å². The monoisotopic (exact) mass is 411 g/mol. The van der Waals surface area contributed by atoms with Gasteiger partial charge in [-0.05, 0) is 55.7 Å². The van der Waals surface area contributed by atoms with Crippen molar-refractivity contribution in [2.75, 3.05) is 4.31 Å². The van der Waals surface area contributed by atoms with Gasteiger partial charge >= 0.3 is 0 Å². The summed E-state index contributed by atoms with van der Waals surface area (Å²) in [5.74, 6) is 0.164. The van der Waals surface area contributed by atoms with Gasteiger partial charge in [0.1, 0.15) is 0 Å². The smallest absolute Gasteiger partial charge is 0.263 e. The number of hydrogen-bond acceptors (Lipinski definition) is 2. The predicted octanol–water partition coefficient (Wildman–Crippen LogP) is 5.77. The first-order chi connectivity index (χ1) is 13.4. The van der Waals surface area contributed by atoms with Gasteiger partial charge in [0, 0.05) is 17.0 Å². The summed E-state index contributed by atoms with van der Waals surface area (Å²) in [6.45, 7) is 4.01. The van der Waals surface area contributed by atoms with Crippen LogP contribution in [0.1, 0.15) is 36.0 Å². The Morgan fingerprint density at radius 3 is 2.43 bits per heavy atom. The summed E-state index contributed by atoms with van der Waals surface area (Å²) < 4.78 is 28.6. The third-order valence-electron chi connectivity index (χ3n) is 5.33. The van der Waals surface area contributed by atoms with Crippen molar-refractivity contribution < 1.29 is 8.42 Å². The highest BCUT2D eigenvalue weighted by molar-refractivity contribution is 7.92. The first kappa shape index (κ1) is 19.0. The fourth-order valence-corrected chi connectivity index (χ4v) is 6.06. The van der Waals surface area contributed by atoms with Gasteiger partial charge in [0.2, 0.25) is 0 Å². The van der Waals surface area contributed by atoms with E-state index < -0.39 is 10.0 Å². The Bertz CT molecular complexity index is 1110. The first-order valence-corrected chi connectivity index (χ1v) is 11.2. The van der Waals surface area contributed by atoms with E-state index in [-0.39, 0.29) is 16.9 Å². The summed E-state index contributed by atoms with van der Waals surface area (Å²) in [4.78, 5) is 0.219. The number of benzene rings is 3. The maximum absolute atomic E-state index is 13.5. The summed E-state index contributed by atoms with van der Waals surface area (Å²) in [5, 5.41) is 0.414. The van der Waals surface area contributed by atoms with Crippen LogP contribution < -0.4 is 4.31 Å². The summed E-state index contributed by atoms with van der Waals surface area (Å²) in [6, 6.07) is 22.6. The molecule has 144 valence electrons. The lowest BCUT2D eigenvalue weighted by Gasteiger charge is -2.40. The molecule has 0 aliphatic carbocycles. The van der Waals surface area contributed by atoms with Crippen molar-refractivity contribution in [1.29, 1.82) is 0 Å². The molecule has 3 aromatic carbocycles. The Balaban J connectivity index is 1.88. The van der Waals surface area contributed by atoms with Gasteiger partial charge in [0.25, 0.3) is 10.0 Å². The lowest BCUT2D eigenvalue weighted by Crippen LogP contribution is -2.43. The molecule has 0 N–H and O–H groups in total. The molecule has 0 radical (unpaired) electrons. The predicted molar refractivity (Wildman–Crippen MR) is 115 cm³/mol. The number of hydrogen-bond donors (Lipinski definition) is 0. The zero-order valence-corrected chi connectivity index (χ0v) is 17.4. The highest BCUT2D eigenvalue weighted by Gasteiger charge is 2.38. The van der Waals surface area contributed by atoms with Crippen LogP contribution in [0.3, 0.4) is 0 Å². The van der Waals surface area contributed by atoms with Crippen molar-refractivity contribution in [1.82, 2.24) is 0 Å². The number of rotatable bonds is 3. The zero-order valence-electron chi connectivity index (χ0n) is 15.8. The van der Waals surface area contributed by atoms with Crippen molar-refractivity contribution in [2.24, 2.45) is 0 Å². The number of aryl methyl sites for hydroxylation is 1. The molecular weight excluding hydrogens is 390 g/mol. The van der Waals surface area contributed by atoms with Gasteiger partial charge in [0.05, 0.1) is 10.6 Å². The van der Waals surface area contributed by atoms with Gasteiger partial charge in [-0.1, -0.05) is 65.7 Å². The van der Waals surface area contributed by atoms with E-state index in [1.54, 1.807) is 22.5 Å². The third-order valence-corrected chi connectivity index (χ3v) is 7.49. The summed E-state index contributed by atoms with van der Waals surface area (Å²) in [5.41, 5.74) is 4.13. The van der Waals surface area contributed by atoms with Crippen LogP contribution in [0.4, 0.5) is 5.69 Å². The quantitative estimate of drug-likeness (QED) is 0.548. The number of sulfonamides is 1. The summed E-state index contributed by atoms with van der Waals surface area (Å²) in [7, 11) is -3.72. The minimum absolute atomic E-state index is 0.164. The molecular formula is C23H22ClNO2S. The van der Waals surface area contributed by atoms with Crippen molar-refractivity contribution in [3.05, 3.63) is 94.5 Å². The average molecular weight is 412 g/mol. The molecule has 0 fully saturated rings. The van der Waals surface area contributed by atoms with Gasteiger partial charge in [-0.2, -0.15) is 0 Å². The van der Waals surface area contributed by atoms with Gasteiger partial charge in [-0.15, -0.1) is 0 Å². The van der Waals surface area contributed by atoms with Crippen LogP contribution in [0.5, 0.6) is 0 Å². The Morgan fingerprint density at radius 2 is 1.71 bits per heavy atom. The molecule has 0 unspecified atom stereocenters. The second kappa shape index (κ2) is 7.26. The van der Waals surface area contributed by atoms with E-state index in [1.807, 2.05) is 44.2 Å². The molecule has 3 nitrogen and oxygen atoms in total. The molecule has 0 spiro atoms. The van der Waals surface area contributed by atoms with E-state index in [2.05, 4.69) is 18.2 Å². The van der Waals surface area contributed by atoms with Gasteiger partial charge in [-0.3, -0.25) is 4.31 Å². The van der Waals surface area contributed by atoms with Crippen molar-refractivity contribution >= 4 is 27.3 Å². The molecule has 28 heavy (non-hydrogen) atoms. The van der Waals surface area contributed by atoms with E-state index in [9.17, 15) is 8.42 Å². The molecule has 1 heterocycles. The maximum atomic E-state index is 13.5. The Kier molecular flexibility index (Phi) is 4.94. The molecule has 4 rings (SSSR count). The van der Waals surface area contributed by atoms with Gasteiger partial charge in [-0.25, -0.2) is 8.42 Å². The zero-order chi connectivity index (χ0) is 19.9. The normalized spacial score (nSPS) is 19.3. The number of anilines is 1. The highest BCUT2D eigenvalue weighted by Crippen LogP contribution is 2.44. The first-order valence-electron chi connectivity index (χ1n) is 9.33. The fraction of sp³-hybridized carbons (Fsp3) is 0.217. The van der Waals surface area contributed by atoms with Crippen molar-refractivity contribution in [2.45, 2.75) is 37.1 Å². The van der Waals surface area contributed by atoms with Gasteiger partial charge < -0.3 is 0 Å². The molecule has 0 saturated carbocycles. The molecule has 2 atom stereocenters. The van der Waals surface area contributed by atoms with E-state index in [0.29, 0.717) is 5.02 Å². The van der Waals surface area contributed by atoms with Crippen LogP contribution in [0.2, 0.25) is 5.02 Å². The SMILES string of the molecule is Cc1ccc2c(c1)[C@@H](c1ccccc1)C[C@H](C)N2S(=O)(=O)c1cccc(Cl)c1. The van der Waals surface area contributed by atoms with Crippen molar-refractivity contribution in [3.63, 3.8) is 0 Å². The molecule has 5 heteroatoms. The molecule has 1 aliphatic heterocycles. The lowest BCUT2D eigenvalue weighted by atomic mass is 9.82. The fourth-order valence-electron chi connectivity index (χ4n) is 4.06. The topological polar surface area (TPSA) is 37.4 Å². The van der Waals surface area contributed by atoms with E-state index in [4.69, 9.17) is 11.6 Å². The minimum atomic E-state index is -3.72. The lowest BCUT2D eigenvalue weighted by molar-refractivity contribution is 0.543. The van der Waals surface area contributed by atoms with Crippen LogP contribution in [0, 0.1) is 6.92 Å². The largest absolute Gasteiger partial charge is 0.264 e. The molecule has 0 saturated heterocycles. The standard InChI is InChI=1S/C23H22ClNO2S/c1-16-11-12-23-22(13-16)21(18-7-4-3-5-8-18)14-17(2)25(23)28(26,27)20-10-6-9-19(24)15-20/h3-13,15,17,21H,14H2,1-2H3/t17-,21+/m0/s1. The Labute approximate surface area is 171 Å². The van der Waals surface area contributed by atoms with E-state index >= 15 is 0 Å². The van der Waals surface area contributed by atoms with Crippen LogP contribution in [-0.2, 0) is 10.0 Å². The third kappa shape index (κ3) is 3.31. The Morgan fingerprint density at radius 1 is 0.964 bits per heavy atom. The molecule has 0 bridgehead atoms. The molecule has 0 amide bonds. The van der Waals surface area contributed by atoms with Crippen LogP contribution in [0.25, 0.3) is 0 Å². The minimum Gasteiger partial charge on any atom is -0.263 e. The highest BCUT2D eigenvalue weighted by atomic mass is 35.5. The number of nitrogens with zero attached hydrogens (tertiary/aromatic N) is 1. The summed E-state index contributed by atoms with van der Waals surface area (Å²) >= 11 is 6.07. The average Bonchev–Trinajstić information content (AvgIpc) is 2.68. The van der Waals surface area contributed by atoms with Crippen LogP contribution >= 0.6 is 11.6 Å². The summed E-state index contributed by atoms with van der Waals surface area (Å²) in [6.07, 6.45) is 0.722. The Hall–Kier alpha value is -2.30. The second-order valence-corrected chi connectivity index (χ2v) is 9.62. The molecule has 0 aromatic heterocycles. The number of fused-ring (bicyclic) bond motifs is 1. The molecule has 1 aliphatic rings. The van der Waals surface area contributed by atoms with Crippen molar-refractivity contribution in [3.8, 4) is 0 Å². The van der Waals surface area contributed by atoms with Gasteiger partial charge in [0.15, 0.2) is 0 Å². The van der Waals surface area contributed by atoms with Crippen LogP contribution in [-0.4, -0.2) is 14.5 Å². The number of halogens is 1.